The second-order valence-electron chi connectivity index (χ2n) is 8.05. The maximum atomic E-state index is 15.3. The molecule has 12 heteroatoms. The van der Waals surface area contributed by atoms with Crippen molar-refractivity contribution in [3.05, 3.63) is 23.6 Å². The lowest BCUT2D eigenvalue weighted by molar-refractivity contribution is -0.102. The summed E-state index contributed by atoms with van der Waals surface area (Å²) in [4.78, 5) is 13.8. The van der Waals surface area contributed by atoms with Crippen molar-refractivity contribution in [3.8, 4) is 5.88 Å². The van der Waals surface area contributed by atoms with E-state index < -0.39 is 18.4 Å². The number of nitrogens with one attached hydrogen (secondary N) is 2. The molecule has 0 spiro atoms. The summed E-state index contributed by atoms with van der Waals surface area (Å²) in [6.07, 6.45) is 1.96. The summed E-state index contributed by atoms with van der Waals surface area (Å²) in [6, 6.07) is 2.01. The van der Waals surface area contributed by atoms with Crippen LogP contribution in [0.5, 0.6) is 5.88 Å². The highest BCUT2D eigenvalue weighted by Crippen LogP contribution is 2.39. The first-order chi connectivity index (χ1) is 15.6. The van der Waals surface area contributed by atoms with Crippen LogP contribution in [0.4, 0.5) is 20.4 Å². The fourth-order valence-electron chi connectivity index (χ4n) is 4.24. The van der Waals surface area contributed by atoms with Crippen molar-refractivity contribution in [2.45, 2.75) is 31.1 Å². The molecule has 9 nitrogen and oxygen atoms in total. The van der Waals surface area contributed by atoms with E-state index in [2.05, 4.69) is 25.4 Å². The van der Waals surface area contributed by atoms with Gasteiger partial charge in [0.25, 0.3) is 0 Å². The first-order valence-electron chi connectivity index (χ1n) is 10.6. The van der Waals surface area contributed by atoms with E-state index in [1.165, 1.54) is 10.9 Å². The van der Waals surface area contributed by atoms with E-state index >= 15 is 4.39 Å². The molecule has 2 unspecified atom stereocenters. The Kier molecular flexibility index (Phi) is 5.64. The SMILES string of the molecule is CCOc1nc(Nc2cnn(C3(CF)CCN(C4COC4)CC3F)c2Cl)nc2[nH]ccc12. The Balaban J connectivity index is 1.41. The molecule has 0 aromatic carbocycles. The summed E-state index contributed by atoms with van der Waals surface area (Å²) >= 11 is 6.55. The van der Waals surface area contributed by atoms with Crippen LogP contribution in [0.25, 0.3) is 11.0 Å². The number of anilines is 2. The van der Waals surface area contributed by atoms with E-state index in [0.717, 1.165) is 5.39 Å². The molecular weight excluding hydrogens is 444 g/mol. The van der Waals surface area contributed by atoms with Crippen molar-refractivity contribution in [1.82, 2.24) is 29.6 Å². The van der Waals surface area contributed by atoms with Crippen molar-refractivity contribution in [1.29, 1.82) is 0 Å². The first-order valence-corrected chi connectivity index (χ1v) is 10.9. The molecule has 5 heterocycles. The average Bonchev–Trinajstić information content (AvgIpc) is 3.35. The monoisotopic (exact) mass is 467 g/mol. The van der Waals surface area contributed by atoms with E-state index in [1.807, 2.05) is 17.9 Å². The van der Waals surface area contributed by atoms with Crippen LogP contribution < -0.4 is 10.1 Å². The van der Waals surface area contributed by atoms with Gasteiger partial charge in [-0.05, 0) is 19.4 Å². The van der Waals surface area contributed by atoms with Gasteiger partial charge in [0.15, 0.2) is 5.15 Å². The largest absolute Gasteiger partial charge is 0.477 e. The molecule has 172 valence electrons. The van der Waals surface area contributed by atoms with Crippen molar-refractivity contribution in [2.75, 3.05) is 44.9 Å². The lowest BCUT2D eigenvalue weighted by atomic mass is 9.86. The minimum Gasteiger partial charge on any atom is -0.477 e. The molecular formula is C20H24ClF2N7O2. The molecule has 3 aromatic rings. The van der Waals surface area contributed by atoms with Gasteiger partial charge in [0.05, 0.1) is 43.1 Å². The van der Waals surface area contributed by atoms with Crippen LogP contribution in [0.1, 0.15) is 13.3 Å². The molecule has 2 fully saturated rings. The Hall–Kier alpha value is -2.50. The van der Waals surface area contributed by atoms with Gasteiger partial charge in [0.2, 0.25) is 11.8 Å². The van der Waals surface area contributed by atoms with Crippen LogP contribution in [-0.2, 0) is 10.3 Å². The summed E-state index contributed by atoms with van der Waals surface area (Å²) in [5.41, 5.74) is -0.514. The van der Waals surface area contributed by atoms with E-state index in [4.69, 9.17) is 21.1 Å². The van der Waals surface area contributed by atoms with Gasteiger partial charge in [0.1, 0.15) is 24.0 Å². The standard InChI is InChI=1S/C20H24ClF2N7O2/c1-2-32-18-13-3-5-24-17(13)27-19(28-18)26-14-7-25-30(16(14)21)20(11-22)4-6-29(8-15(20)23)12-9-31-10-12/h3,5,7,12,15H,2,4,6,8-11H2,1H3,(H2,24,26,27,28). The summed E-state index contributed by atoms with van der Waals surface area (Å²) in [6.45, 7) is 3.21. The number of aromatic amines is 1. The van der Waals surface area contributed by atoms with E-state index in [0.29, 0.717) is 43.6 Å². The number of piperidine rings is 1. The molecule has 0 radical (unpaired) electrons. The van der Waals surface area contributed by atoms with Crippen LogP contribution in [0.15, 0.2) is 18.5 Å². The molecule has 3 aromatic heterocycles. The number of nitrogens with zero attached hydrogens (tertiary/aromatic N) is 5. The van der Waals surface area contributed by atoms with Crippen molar-refractivity contribution in [3.63, 3.8) is 0 Å². The zero-order valence-electron chi connectivity index (χ0n) is 17.5. The van der Waals surface area contributed by atoms with E-state index in [1.54, 1.807) is 6.20 Å². The van der Waals surface area contributed by atoms with Crippen molar-refractivity contribution >= 4 is 34.3 Å². The van der Waals surface area contributed by atoms with Crippen LogP contribution in [0.2, 0.25) is 5.15 Å². The number of aromatic nitrogens is 5. The third-order valence-corrected chi connectivity index (χ3v) is 6.58. The zero-order valence-corrected chi connectivity index (χ0v) is 18.3. The Morgan fingerprint density at radius 2 is 2.25 bits per heavy atom. The van der Waals surface area contributed by atoms with Crippen LogP contribution in [-0.4, -0.2) is 81.4 Å². The Labute approximate surface area is 188 Å². The van der Waals surface area contributed by atoms with Gasteiger partial charge in [-0.3, -0.25) is 4.90 Å². The van der Waals surface area contributed by atoms with Gasteiger partial charge in [0, 0.05) is 19.3 Å². The Morgan fingerprint density at radius 3 is 2.94 bits per heavy atom. The number of fused-ring (bicyclic) bond motifs is 1. The summed E-state index contributed by atoms with van der Waals surface area (Å²) < 4.78 is 41.7. The lowest BCUT2D eigenvalue weighted by Gasteiger charge is -2.47. The average molecular weight is 468 g/mol. The molecule has 0 bridgehead atoms. The molecule has 2 aliphatic heterocycles. The predicted octanol–water partition coefficient (Wildman–Crippen LogP) is 3.06. The smallest absolute Gasteiger partial charge is 0.232 e. The predicted molar refractivity (Wildman–Crippen MR) is 115 cm³/mol. The van der Waals surface area contributed by atoms with E-state index in [9.17, 15) is 4.39 Å². The Morgan fingerprint density at radius 1 is 1.41 bits per heavy atom. The molecule has 2 N–H and O–H groups in total. The van der Waals surface area contributed by atoms with Gasteiger partial charge in [-0.25, -0.2) is 13.5 Å². The molecule has 2 atom stereocenters. The highest BCUT2D eigenvalue weighted by atomic mass is 35.5. The fraction of sp³-hybridized carbons (Fsp3) is 0.550. The van der Waals surface area contributed by atoms with Crippen LogP contribution in [0.3, 0.4) is 0 Å². The number of H-pyrrole nitrogens is 1. The van der Waals surface area contributed by atoms with Gasteiger partial charge in [-0.2, -0.15) is 15.1 Å². The van der Waals surface area contributed by atoms with Gasteiger partial charge < -0.3 is 19.8 Å². The molecule has 0 aliphatic carbocycles. The van der Waals surface area contributed by atoms with Crippen molar-refractivity contribution in [2.24, 2.45) is 0 Å². The molecule has 2 aliphatic rings. The number of rotatable bonds is 7. The summed E-state index contributed by atoms with van der Waals surface area (Å²) in [5.74, 6) is 0.650. The number of hydrogen-bond acceptors (Lipinski definition) is 7. The van der Waals surface area contributed by atoms with Gasteiger partial charge in [-0.15, -0.1) is 0 Å². The second-order valence-corrected chi connectivity index (χ2v) is 8.41. The summed E-state index contributed by atoms with van der Waals surface area (Å²) in [5, 5.41) is 8.10. The number of halogens is 3. The number of alkyl halides is 2. The maximum absolute atomic E-state index is 15.3. The van der Waals surface area contributed by atoms with Gasteiger partial charge in [-0.1, -0.05) is 11.6 Å². The van der Waals surface area contributed by atoms with Crippen molar-refractivity contribution < 1.29 is 18.3 Å². The number of ether oxygens (including phenoxy) is 2. The normalized spacial score (nSPS) is 24.6. The van der Waals surface area contributed by atoms with Gasteiger partial charge >= 0.3 is 0 Å². The minimum absolute atomic E-state index is 0.0962. The molecule has 2 saturated heterocycles. The summed E-state index contributed by atoms with van der Waals surface area (Å²) in [7, 11) is 0. The molecule has 5 rings (SSSR count). The highest BCUT2D eigenvalue weighted by molar-refractivity contribution is 6.32. The minimum atomic E-state index is -1.47. The number of likely N-dealkylation sites (tertiary alicyclic amines) is 1. The van der Waals surface area contributed by atoms with E-state index in [-0.39, 0.29) is 30.1 Å². The maximum Gasteiger partial charge on any atom is 0.232 e. The fourth-order valence-corrected chi connectivity index (χ4v) is 4.54. The third-order valence-electron chi connectivity index (χ3n) is 6.22. The first kappa shape index (κ1) is 21.4. The topological polar surface area (TPSA) is 93.1 Å². The molecule has 0 amide bonds. The van der Waals surface area contributed by atoms with Crippen LogP contribution >= 0.6 is 11.6 Å². The molecule has 32 heavy (non-hydrogen) atoms. The molecule has 0 saturated carbocycles. The second kappa shape index (κ2) is 8.45. The zero-order chi connectivity index (χ0) is 22.3. The lowest BCUT2D eigenvalue weighted by Crippen LogP contribution is -2.61. The Bertz CT molecular complexity index is 1100. The number of hydrogen-bond donors (Lipinski definition) is 2. The third kappa shape index (κ3) is 3.48. The highest BCUT2D eigenvalue weighted by Gasteiger charge is 2.49. The quantitative estimate of drug-likeness (QED) is 0.551. The van der Waals surface area contributed by atoms with Crippen LogP contribution in [0, 0.1) is 0 Å².